The lowest BCUT2D eigenvalue weighted by Gasteiger charge is -2.26. The third-order valence-corrected chi connectivity index (χ3v) is 5.25. The number of carbonyl (C=O) groups is 3. The van der Waals surface area contributed by atoms with Crippen molar-refractivity contribution < 1.29 is 19.1 Å². The van der Waals surface area contributed by atoms with Crippen molar-refractivity contribution in [2.24, 2.45) is 0 Å². The lowest BCUT2D eigenvalue weighted by Crippen LogP contribution is -2.41. The second-order valence-corrected chi connectivity index (χ2v) is 7.52. The quantitative estimate of drug-likeness (QED) is 0.610. The van der Waals surface area contributed by atoms with Crippen LogP contribution in [0, 0.1) is 0 Å². The number of ether oxygens (including phenoxy) is 1. The molecule has 2 N–H and O–H groups in total. The fourth-order valence-electron chi connectivity index (χ4n) is 3.30. The molecule has 0 atom stereocenters. The molecule has 3 amide bonds. The van der Waals surface area contributed by atoms with Crippen LogP contribution in [0.25, 0.3) is 0 Å². The summed E-state index contributed by atoms with van der Waals surface area (Å²) in [6.07, 6.45) is 0. The number of nitrogens with zero attached hydrogens (tertiary/aromatic N) is 1. The summed E-state index contributed by atoms with van der Waals surface area (Å²) in [4.78, 5) is 38.8. The number of anilines is 3. The fraction of sp³-hybridized carbons (Fsp3) is 0.125. The third-order valence-electron chi connectivity index (χ3n) is 4.92. The highest BCUT2D eigenvalue weighted by Crippen LogP contribution is 2.21. The average Bonchev–Trinajstić information content (AvgIpc) is 2.80. The Morgan fingerprint density at radius 3 is 2.38 bits per heavy atom. The minimum absolute atomic E-state index is 0.0713. The molecule has 1 aliphatic rings. The van der Waals surface area contributed by atoms with Crippen LogP contribution in [0.2, 0.25) is 5.02 Å². The predicted octanol–water partition coefficient (Wildman–Crippen LogP) is 4.21. The summed E-state index contributed by atoms with van der Waals surface area (Å²) in [7, 11) is 0. The number of hydrogen-bond acceptors (Lipinski definition) is 4. The first kappa shape index (κ1) is 21.5. The van der Waals surface area contributed by atoms with E-state index in [-0.39, 0.29) is 24.3 Å². The van der Waals surface area contributed by atoms with E-state index in [1.807, 2.05) is 0 Å². The van der Waals surface area contributed by atoms with Crippen LogP contribution in [0.5, 0.6) is 0 Å². The molecule has 0 radical (unpaired) electrons. The number of nitrogens with one attached hydrogen (secondary N) is 2. The maximum atomic E-state index is 12.7. The van der Waals surface area contributed by atoms with E-state index >= 15 is 0 Å². The van der Waals surface area contributed by atoms with Crippen molar-refractivity contribution in [3.05, 3.63) is 88.9 Å². The van der Waals surface area contributed by atoms with Gasteiger partial charge in [-0.25, -0.2) is 0 Å². The average molecular weight is 450 g/mol. The number of rotatable bonds is 5. The van der Waals surface area contributed by atoms with Crippen LogP contribution >= 0.6 is 11.6 Å². The maximum Gasteiger partial charge on any atom is 0.257 e. The summed E-state index contributed by atoms with van der Waals surface area (Å²) in [6, 6.07) is 20.4. The Hall–Kier alpha value is -3.68. The SMILES string of the molecule is O=C(Nc1ccc(N2CCOCC2=O)cc1)c1cccc(NC(=O)c2ccccc2Cl)c1. The summed E-state index contributed by atoms with van der Waals surface area (Å²) in [5.74, 6) is -0.779. The summed E-state index contributed by atoms with van der Waals surface area (Å²) in [6.45, 7) is 1.06. The first-order valence-electron chi connectivity index (χ1n) is 9.97. The molecule has 3 aromatic rings. The molecule has 0 saturated carbocycles. The number of hydrogen-bond donors (Lipinski definition) is 2. The monoisotopic (exact) mass is 449 g/mol. The van der Waals surface area contributed by atoms with Crippen LogP contribution in [-0.2, 0) is 9.53 Å². The van der Waals surface area contributed by atoms with E-state index in [0.717, 1.165) is 5.69 Å². The first-order valence-corrected chi connectivity index (χ1v) is 10.3. The van der Waals surface area contributed by atoms with Crippen molar-refractivity contribution in [3.63, 3.8) is 0 Å². The van der Waals surface area contributed by atoms with Gasteiger partial charge in [0.2, 0.25) is 0 Å². The topological polar surface area (TPSA) is 87.7 Å². The molecule has 1 aliphatic heterocycles. The van der Waals surface area contributed by atoms with Crippen molar-refractivity contribution in [3.8, 4) is 0 Å². The lowest BCUT2D eigenvalue weighted by atomic mass is 10.1. The molecular formula is C24H20ClN3O4. The van der Waals surface area contributed by atoms with E-state index in [0.29, 0.717) is 40.7 Å². The van der Waals surface area contributed by atoms with Gasteiger partial charge in [-0.1, -0.05) is 29.8 Å². The number of halogens is 1. The first-order chi connectivity index (χ1) is 15.5. The van der Waals surface area contributed by atoms with Gasteiger partial charge in [-0.15, -0.1) is 0 Å². The molecule has 7 nitrogen and oxygen atoms in total. The Balaban J connectivity index is 1.42. The number of carbonyl (C=O) groups excluding carboxylic acids is 3. The molecule has 1 heterocycles. The fourth-order valence-corrected chi connectivity index (χ4v) is 3.52. The lowest BCUT2D eigenvalue weighted by molar-refractivity contribution is -0.125. The van der Waals surface area contributed by atoms with Crippen molar-refractivity contribution in [2.75, 3.05) is 35.3 Å². The van der Waals surface area contributed by atoms with Gasteiger partial charge in [-0.2, -0.15) is 0 Å². The second-order valence-electron chi connectivity index (χ2n) is 7.11. The van der Waals surface area contributed by atoms with Gasteiger partial charge in [0.25, 0.3) is 17.7 Å². The molecule has 32 heavy (non-hydrogen) atoms. The van der Waals surface area contributed by atoms with E-state index < -0.39 is 0 Å². The zero-order valence-electron chi connectivity index (χ0n) is 17.0. The second kappa shape index (κ2) is 9.64. The number of amides is 3. The van der Waals surface area contributed by atoms with Gasteiger partial charge in [0, 0.05) is 29.2 Å². The molecule has 0 aromatic heterocycles. The van der Waals surface area contributed by atoms with Crippen LogP contribution in [0.15, 0.2) is 72.8 Å². The molecular weight excluding hydrogens is 430 g/mol. The van der Waals surface area contributed by atoms with E-state index in [9.17, 15) is 14.4 Å². The molecule has 3 aromatic carbocycles. The maximum absolute atomic E-state index is 12.7. The zero-order valence-corrected chi connectivity index (χ0v) is 17.8. The Morgan fingerprint density at radius 1 is 0.875 bits per heavy atom. The Kier molecular flexibility index (Phi) is 6.49. The summed E-state index contributed by atoms with van der Waals surface area (Å²) in [5, 5.41) is 5.92. The number of morpholine rings is 1. The van der Waals surface area contributed by atoms with E-state index in [2.05, 4.69) is 10.6 Å². The van der Waals surface area contributed by atoms with Gasteiger partial charge < -0.3 is 20.3 Å². The highest BCUT2D eigenvalue weighted by Gasteiger charge is 2.20. The summed E-state index contributed by atoms with van der Waals surface area (Å²) >= 11 is 6.07. The predicted molar refractivity (Wildman–Crippen MR) is 123 cm³/mol. The molecule has 0 aliphatic carbocycles. The minimum atomic E-state index is -0.360. The van der Waals surface area contributed by atoms with Crippen LogP contribution in [0.1, 0.15) is 20.7 Å². The van der Waals surface area contributed by atoms with Crippen molar-refractivity contribution in [1.82, 2.24) is 0 Å². The van der Waals surface area contributed by atoms with Crippen LogP contribution in [0.4, 0.5) is 17.1 Å². The van der Waals surface area contributed by atoms with Crippen LogP contribution in [0.3, 0.4) is 0 Å². The van der Waals surface area contributed by atoms with Gasteiger partial charge in [0.15, 0.2) is 0 Å². The Morgan fingerprint density at radius 2 is 1.62 bits per heavy atom. The zero-order chi connectivity index (χ0) is 22.5. The largest absolute Gasteiger partial charge is 0.370 e. The molecule has 4 rings (SSSR count). The van der Waals surface area contributed by atoms with Gasteiger partial charge in [0.05, 0.1) is 17.2 Å². The molecule has 0 bridgehead atoms. The molecule has 1 fully saturated rings. The van der Waals surface area contributed by atoms with Crippen molar-refractivity contribution >= 4 is 46.4 Å². The highest BCUT2D eigenvalue weighted by molar-refractivity contribution is 6.34. The highest BCUT2D eigenvalue weighted by atomic mass is 35.5. The molecule has 162 valence electrons. The Labute approximate surface area is 189 Å². The summed E-state index contributed by atoms with van der Waals surface area (Å²) in [5.41, 5.74) is 2.55. The third kappa shape index (κ3) is 4.96. The van der Waals surface area contributed by atoms with Gasteiger partial charge >= 0.3 is 0 Å². The Bertz CT molecular complexity index is 1160. The molecule has 0 spiro atoms. The van der Waals surface area contributed by atoms with Crippen LogP contribution in [-0.4, -0.2) is 37.5 Å². The van der Waals surface area contributed by atoms with Crippen molar-refractivity contribution in [1.29, 1.82) is 0 Å². The van der Waals surface area contributed by atoms with E-state index in [4.69, 9.17) is 16.3 Å². The van der Waals surface area contributed by atoms with Crippen molar-refractivity contribution in [2.45, 2.75) is 0 Å². The smallest absolute Gasteiger partial charge is 0.257 e. The van der Waals surface area contributed by atoms with Gasteiger partial charge in [-0.05, 0) is 54.6 Å². The molecule has 0 unspecified atom stereocenters. The summed E-state index contributed by atoms with van der Waals surface area (Å²) < 4.78 is 5.14. The standard InChI is InChI=1S/C24H20ClN3O4/c25-21-7-2-1-6-20(21)24(31)27-18-5-3-4-16(14-18)23(30)26-17-8-10-19(11-9-17)28-12-13-32-15-22(28)29/h1-11,14H,12-13,15H2,(H,26,30)(H,27,31). The number of benzene rings is 3. The normalized spacial score (nSPS) is 13.5. The van der Waals surface area contributed by atoms with Gasteiger partial charge in [0.1, 0.15) is 6.61 Å². The van der Waals surface area contributed by atoms with E-state index in [1.54, 1.807) is 77.7 Å². The van der Waals surface area contributed by atoms with Crippen LogP contribution < -0.4 is 15.5 Å². The van der Waals surface area contributed by atoms with E-state index in [1.165, 1.54) is 0 Å². The molecule has 8 heteroatoms. The molecule has 1 saturated heterocycles. The van der Waals surface area contributed by atoms with Gasteiger partial charge in [-0.3, -0.25) is 14.4 Å². The minimum Gasteiger partial charge on any atom is -0.370 e.